The van der Waals surface area contributed by atoms with Crippen LogP contribution in [0, 0.1) is 13.8 Å². The maximum atomic E-state index is 12.7. The molecule has 2 aromatic carbocycles. The number of esters is 1. The van der Waals surface area contributed by atoms with Gasteiger partial charge in [0, 0.05) is 16.9 Å². The molecule has 31 heavy (non-hydrogen) atoms. The Kier molecular flexibility index (Phi) is 6.71. The third-order valence-electron chi connectivity index (χ3n) is 4.52. The van der Waals surface area contributed by atoms with E-state index in [4.69, 9.17) is 9.15 Å². The molecule has 8 nitrogen and oxygen atoms in total. The van der Waals surface area contributed by atoms with E-state index >= 15 is 0 Å². The highest BCUT2D eigenvalue weighted by Gasteiger charge is 2.14. The summed E-state index contributed by atoms with van der Waals surface area (Å²) >= 11 is 0. The van der Waals surface area contributed by atoms with Gasteiger partial charge in [0.15, 0.2) is 12.4 Å². The molecule has 1 heterocycles. The summed E-state index contributed by atoms with van der Waals surface area (Å²) in [5.74, 6) is -0.549. The fourth-order valence-corrected chi connectivity index (χ4v) is 2.75. The smallest absolute Gasteiger partial charge is 0.343 e. The van der Waals surface area contributed by atoms with Crippen LogP contribution in [0.5, 0.6) is 5.75 Å². The first-order chi connectivity index (χ1) is 14.9. The summed E-state index contributed by atoms with van der Waals surface area (Å²) in [5, 5.41) is 5.59. The molecule has 0 radical (unpaired) electrons. The molecule has 1 aromatic heterocycles. The molecule has 0 bridgehead atoms. The zero-order valence-corrected chi connectivity index (χ0v) is 17.4. The van der Waals surface area contributed by atoms with Crippen LogP contribution in [0.1, 0.15) is 32.0 Å². The fourth-order valence-electron chi connectivity index (χ4n) is 2.75. The van der Waals surface area contributed by atoms with Gasteiger partial charge in [-0.05, 0) is 67.4 Å². The lowest BCUT2D eigenvalue weighted by Gasteiger charge is -2.13. The minimum atomic E-state index is -0.482. The Balaban J connectivity index is 1.70. The molecule has 2 amide bonds. The van der Waals surface area contributed by atoms with Crippen molar-refractivity contribution in [2.24, 2.45) is 0 Å². The third kappa shape index (κ3) is 5.51. The number of rotatable bonds is 7. The topological polar surface area (TPSA) is 107 Å². The van der Waals surface area contributed by atoms with Crippen molar-refractivity contribution < 1.29 is 28.3 Å². The van der Waals surface area contributed by atoms with E-state index in [1.165, 1.54) is 13.4 Å². The summed E-state index contributed by atoms with van der Waals surface area (Å²) < 4.78 is 15.0. The number of anilines is 2. The summed E-state index contributed by atoms with van der Waals surface area (Å²) in [4.78, 5) is 36.2. The van der Waals surface area contributed by atoms with Gasteiger partial charge < -0.3 is 24.5 Å². The molecular formula is C23H22N2O6. The zero-order chi connectivity index (χ0) is 22.4. The monoisotopic (exact) mass is 422 g/mol. The van der Waals surface area contributed by atoms with Gasteiger partial charge in [-0.2, -0.15) is 0 Å². The van der Waals surface area contributed by atoms with Gasteiger partial charge in [-0.1, -0.05) is 6.07 Å². The Bertz CT molecular complexity index is 1110. The molecule has 8 heteroatoms. The highest BCUT2D eigenvalue weighted by atomic mass is 16.6. The SMILES string of the molecule is COC(=O)COc1ccc(NC(=O)c2ccc(C)c(NC(=O)c3ccco3)c2)c(C)c1. The predicted octanol–water partition coefficient (Wildman–Crippen LogP) is 3.95. The van der Waals surface area contributed by atoms with Crippen LogP contribution in [0.2, 0.25) is 0 Å². The second-order valence-corrected chi connectivity index (χ2v) is 6.76. The first-order valence-electron chi connectivity index (χ1n) is 9.44. The zero-order valence-electron chi connectivity index (χ0n) is 17.4. The molecule has 0 aliphatic carbocycles. The molecule has 2 N–H and O–H groups in total. The Morgan fingerprint density at radius 3 is 2.35 bits per heavy atom. The molecule has 0 aliphatic rings. The molecule has 0 saturated heterocycles. The third-order valence-corrected chi connectivity index (χ3v) is 4.52. The van der Waals surface area contributed by atoms with Gasteiger partial charge in [0.05, 0.1) is 13.4 Å². The van der Waals surface area contributed by atoms with E-state index in [0.29, 0.717) is 22.7 Å². The summed E-state index contributed by atoms with van der Waals surface area (Å²) in [6.45, 7) is 3.44. The van der Waals surface area contributed by atoms with E-state index in [9.17, 15) is 14.4 Å². The van der Waals surface area contributed by atoms with Gasteiger partial charge in [-0.3, -0.25) is 9.59 Å². The summed E-state index contributed by atoms with van der Waals surface area (Å²) in [6.07, 6.45) is 1.42. The van der Waals surface area contributed by atoms with Crippen molar-refractivity contribution >= 4 is 29.2 Å². The number of carbonyl (C=O) groups excluding carboxylic acids is 3. The van der Waals surface area contributed by atoms with Gasteiger partial charge in [-0.25, -0.2) is 4.79 Å². The Morgan fingerprint density at radius 1 is 0.903 bits per heavy atom. The van der Waals surface area contributed by atoms with E-state index < -0.39 is 11.9 Å². The molecule has 160 valence electrons. The van der Waals surface area contributed by atoms with E-state index in [0.717, 1.165) is 11.1 Å². The Labute approximate surface area is 179 Å². The molecule has 0 spiro atoms. The average Bonchev–Trinajstić information content (AvgIpc) is 3.30. The van der Waals surface area contributed by atoms with Crippen LogP contribution in [-0.4, -0.2) is 31.5 Å². The number of methoxy groups -OCH3 is 1. The van der Waals surface area contributed by atoms with Crippen LogP contribution in [0.3, 0.4) is 0 Å². The minimum absolute atomic E-state index is 0.180. The van der Waals surface area contributed by atoms with Crippen molar-refractivity contribution in [3.8, 4) is 5.75 Å². The average molecular weight is 422 g/mol. The van der Waals surface area contributed by atoms with Crippen LogP contribution in [0.15, 0.2) is 59.2 Å². The highest BCUT2D eigenvalue weighted by Crippen LogP contribution is 2.23. The van der Waals surface area contributed by atoms with Crippen LogP contribution in [0.25, 0.3) is 0 Å². The number of nitrogens with one attached hydrogen (secondary N) is 2. The molecule has 0 fully saturated rings. The number of benzene rings is 2. The van der Waals surface area contributed by atoms with Crippen LogP contribution >= 0.6 is 0 Å². The predicted molar refractivity (Wildman–Crippen MR) is 114 cm³/mol. The normalized spacial score (nSPS) is 10.3. The van der Waals surface area contributed by atoms with E-state index in [-0.39, 0.29) is 18.3 Å². The van der Waals surface area contributed by atoms with Crippen LogP contribution in [-0.2, 0) is 9.53 Å². The minimum Gasteiger partial charge on any atom is -0.482 e. The van der Waals surface area contributed by atoms with E-state index in [2.05, 4.69) is 15.4 Å². The highest BCUT2D eigenvalue weighted by molar-refractivity contribution is 6.07. The maximum absolute atomic E-state index is 12.7. The van der Waals surface area contributed by atoms with Crippen molar-refractivity contribution in [1.82, 2.24) is 0 Å². The Morgan fingerprint density at radius 2 is 1.68 bits per heavy atom. The summed E-state index contributed by atoms with van der Waals surface area (Å²) in [5.41, 5.74) is 3.05. The quantitative estimate of drug-likeness (QED) is 0.558. The Hall–Kier alpha value is -4.07. The molecule has 0 aliphatic heterocycles. The number of hydrogen-bond donors (Lipinski definition) is 2. The molecular weight excluding hydrogens is 400 g/mol. The number of ether oxygens (including phenoxy) is 2. The number of furan rings is 1. The molecule has 0 atom stereocenters. The fraction of sp³-hybridized carbons (Fsp3) is 0.174. The second kappa shape index (κ2) is 9.62. The van der Waals surface area contributed by atoms with Crippen molar-refractivity contribution in [2.75, 3.05) is 24.4 Å². The van der Waals surface area contributed by atoms with E-state index in [1.807, 2.05) is 13.8 Å². The van der Waals surface area contributed by atoms with Gasteiger partial charge in [0.2, 0.25) is 0 Å². The van der Waals surface area contributed by atoms with Crippen LogP contribution in [0.4, 0.5) is 11.4 Å². The second-order valence-electron chi connectivity index (χ2n) is 6.76. The van der Waals surface area contributed by atoms with Gasteiger partial charge >= 0.3 is 5.97 Å². The lowest BCUT2D eigenvalue weighted by Crippen LogP contribution is -2.16. The maximum Gasteiger partial charge on any atom is 0.343 e. The lowest BCUT2D eigenvalue weighted by molar-refractivity contribution is -0.142. The first kappa shape index (κ1) is 21.6. The summed E-state index contributed by atoms with van der Waals surface area (Å²) in [7, 11) is 1.29. The lowest BCUT2D eigenvalue weighted by atomic mass is 10.1. The number of aryl methyl sites for hydroxylation is 2. The van der Waals surface area contributed by atoms with E-state index in [1.54, 1.807) is 48.5 Å². The number of hydrogen-bond acceptors (Lipinski definition) is 6. The molecule has 3 aromatic rings. The number of carbonyl (C=O) groups is 3. The van der Waals surface area contributed by atoms with Gasteiger partial charge in [0.1, 0.15) is 5.75 Å². The van der Waals surface area contributed by atoms with Crippen LogP contribution < -0.4 is 15.4 Å². The standard InChI is InChI=1S/C23H22N2O6/c1-14-6-7-16(12-19(14)25-23(28)20-5-4-10-30-20)22(27)24-18-9-8-17(11-15(18)2)31-13-21(26)29-3/h4-12H,13H2,1-3H3,(H,24,27)(H,25,28). The molecule has 0 saturated carbocycles. The van der Waals surface area contributed by atoms with Crippen molar-refractivity contribution in [1.29, 1.82) is 0 Å². The molecule has 0 unspecified atom stereocenters. The van der Waals surface area contributed by atoms with Crippen molar-refractivity contribution in [3.05, 3.63) is 77.2 Å². The summed E-state index contributed by atoms with van der Waals surface area (Å²) in [6, 6.07) is 13.3. The largest absolute Gasteiger partial charge is 0.482 e. The molecule has 3 rings (SSSR count). The van der Waals surface area contributed by atoms with Crippen molar-refractivity contribution in [3.63, 3.8) is 0 Å². The van der Waals surface area contributed by atoms with Gasteiger partial charge in [-0.15, -0.1) is 0 Å². The van der Waals surface area contributed by atoms with Crippen molar-refractivity contribution in [2.45, 2.75) is 13.8 Å². The van der Waals surface area contributed by atoms with Gasteiger partial charge in [0.25, 0.3) is 11.8 Å². The first-order valence-corrected chi connectivity index (χ1v) is 9.44. The number of amides is 2.